The van der Waals surface area contributed by atoms with Crippen molar-refractivity contribution >= 4 is 22.4 Å². The molecule has 0 aromatic heterocycles. The zero-order valence-corrected chi connectivity index (χ0v) is 12.2. The van der Waals surface area contributed by atoms with Crippen LogP contribution in [0.4, 0.5) is 0 Å². The van der Waals surface area contributed by atoms with Gasteiger partial charge in [0.2, 0.25) is 0 Å². The molecule has 0 spiro atoms. The lowest BCUT2D eigenvalue weighted by Crippen LogP contribution is -2.27. The Hall–Kier alpha value is 0.407. The first-order valence-electron chi connectivity index (χ1n) is 5.16. The lowest BCUT2D eigenvalue weighted by molar-refractivity contribution is -0.260. The minimum Gasteiger partial charge on any atom is -0.400 e. The highest BCUT2D eigenvalue weighted by molar-refractivity contribution is 7.80. The molecule has 0 radical (unpaired) electrons. The monoisotopic (exact) mass is 254 g/mol. The van der Waals surface area contributed by atoms with Gasteiger partial charge in [0.05, 0.1) is 0 Å². The number of thiol groups is 1. The molecule has 0 bridgehead atoms. The van der Waals surface area contributed by atoms with E-state index in [2.05, 4.69) is 12.6 Å². The SMILES string of the molecule is COC(C)OC(C)OC(C)O[SiH2]CCS. The van der Waals surface area contributed by atoms with Crippen molar-refractivity contribution in [3.63, 3.8) is 0 Å². The van der Waals surface area contributed by atoms with Crippen LogP contribution in [-0.2, 0) is 18.6 Å². The van der Waals surface area contributed by atoms with E-state index in [1.165, 1.54) is 0 Å². The fourth-order valence-corrected chi connectivity index (χ4v) is 2.07. The number of hydrogen-bond donors (Lipinski definition) is 1. The van der Waals surface area contributed by atoms with Crippen molar-refractivity contribution in [3.8, 4) is 0 Å². The van der Waals surface area contributed by atoms with Crippen LogP contribution in [0.15, 0.2) is 0 Å². The van der Waals surface area contributed by atoms with Gasteiger partial charge < -0.3 is 18.6 Å². The van der Waals surface area contributed by atoms with Gasteiger partial charge in [0.1, 0.15) is 6.29 Å². The fraction of sp³-hybridized carbons (Fsp3) is 1.00. The summed E-state index contributed by atoms with van der Waals surface area (Å²) in [5.41, 5.74) is 0. The second-order valence-corrected chi connectivity index (χ2v) is 5.05. The zero-order valence-electron chi connectivity index (χ0n) is 9.93. The van der Waals surface area contributed by atoms with Gasteiger partial charge in [-0.05, 0) is 32.6 Å². The van der Waals surface area contributed by atoms with Crippen LogP contribution >= 0.6 is 12.6 Å². The molecule has 6 heteroatoms. The quantitative estimate of drug-likeness (QED) is 0.290. The molecule has 0 aromatic rings. The van der Waals surface area contributed by atoms with E-state index in [4.69, 9.17) is 18.6 Å². The molecule has 92 valence electrons. The van der Waals surface area contributed by atoms with Gasteiger partial charge in [0, 0.05) is 7.11 Å². The molecule has 0 aliphatic carbocycles. The Morgan fingerprint density at radius 2 is 1.67 bits per heavy atom. The number of methoxy groups -OCH3 is 1. The molecule has 15 heavy (non-hydrogen) atoms. The molecule has 0 heterocycles. The van der Waals surface area contributed by atoms with Gasteiger partial charge >= 0.3 is 0 Å². The van der Waals surface area contributed by atoms with Crippen LogP contribution < -0.4 is 0 Å². The molecular formula is C9H22O4SSi. The molecule has 0 amide bonds. The Bertz CT molecular complexity index is 150. The molecule has 3 atom stereocenters. The Morgan fingerprint density at radius 1 is 1.07 bits per heavy atom. The third-order valence-electron chi connectivity index (χ3n) is 1.75. The maximum absolute atomic E-state index is 5.52. The van der Waals surface area contributed by atoms with E-state index in [0.29, 0.717) is 0 Å². The molecule has 3 unspecified atom stereocenters. The van der Waals surface area contributed by atoms with E-state index in [-0.39, 0.29) is 18.9 Å². The van der Waals surface area contributed by atoms with Crippen molar-refractivity contribution in [2.75, 3.05) is 12.9 Å². The van der Waals surface area contributed by atoms with Crippen molar-refractivity contribution < 1.29 is 18.6 Å². The van der Waals surface area contributed by atoms with E-state index in [1.807, 2.05) is 20.8 Å². The average Bonchev–Trinajstić information content (AvgIpc) is 2.17. The standard InChI is InChI=1S/C9H22O4SSi/c1-7(10-4)11-8(2)12-9(3)13-15-6-5-14/h7-9,14H,5-6,15H2,1-4H3. The van der Waals surface area contributed by atoms with Crippen molar-refractivity contribution in [2.45, 2.75) is 45.7 Å². The maximum atomic E-state index is 5.52. The number of rotatable bonds is 9. The summed E-state index contributed by atoms with van der Waals surface area (Å²) >= 11 is 4.12. The van der Waals surface area contributed by atoms with Crippen molar-refractivity contribution in [2.24, 2.45) is 0 Å². The zero-order chi connectivity index (χ0) is 11.7. The van der Waals surface area contributed by atoms with Gasteiger partial charge in [-0.25, -0.2) is 0 Å². The van der Waals surface area contributed by atoms with Crippen LogP contribution in [0, 0.1) is 0 Å². The van der Waals surface area contributed by atoms with E-state index in [0.717, 1.165) is 11.8 Å². The Kier molecular flexibility index (Phi) is 9.88. The largest absolute Gasteiger partial charge is 0.400 e. The summed E-state index contributed by atoms with van der Waals surface area (Å²) in [5.74, 6) is 0.881. The normalized spacial score (nSPS) is 18.2. The Morgan fingerprint density at radius 3 is 2.20 bits per heavy atom. The second kappa shape index (κ2) is 9.62. The first-order chi connectivity index (χ1) is 7.10. The molecule has 0 aliphatic rings. The third kappa shape index (κ3) is 9.34. The van der Waals surface area contributed by atoms with E-state index in [1.54, 1.807) is 7.11 Å². The first kappa shape index (κ1) is 15.4. The summed E-state index contributed by atoms with van der Waals surface area (Å²) in [6.07, 6.45) is -0.794. The van der Waals surface area contributed by atoms with Crippen LogP contribution in [0.2, 0.25) is 6.04 Å². The summed E-state index contributed by atoms with van der Waals surface area (Å²) in [6, 6.07) is 1.06. The topological polar surface area (TPSA) is 36.9 Å². The maximum Gasteiger partial charge on any atom is 0.165 e. The van der Waals surface area contributed by atoms with Crippen molar-refractivity contribution in [1.29, 1.82) is 0 Å². The smallest absolute Gasteiger partial charge is 0.165 e. The van der Waals surface area contributed by atoms with Gasteiger partial charge in [-0.3, -0.25) is 0 Å². The molecule has 0 rings (SSSR count). The predicted molar refractivity (Wildman–Crippen MR) is 65.9 cm³/mol. The molecule has 0 saturated heterocycles. The van der Waals surface area contributed by atoms with E-state index < -0.39 is 9.76 Å². The lowest BCUT2D eigenvalue weighted by Gasteiger charge is -2.22. The van der Waals surface area contributed by atoms with Crippen LogP contribution in [0.25, 0.3) is 0 Å². The van der Waals surface area contributed by atoms with Gasteiger partial charge in [0.25, 0.3) is 0 Å². The summed E-state index contributed by atoms with van der Waals surface area (Å²) < 4.78 is 21.3. The van der Waals surface area contributed by atoms with Crippen molar-refractivity contribution in [3.05, 3.63) is 0 Å². The molecule has 0 saturated carbocycles. The molecule has 0 N–H and O–H groups in total. The van der Waals surface area contributed by atoms with Gasteiger partial charge in [-0.2, -0.15) is 12.6 Å². The summed E-state index contributed by atoms with van der Waals surface area (Å²) in [4.78, 5) is 0. The lowest BCUT2D eigenvalue weighted by atomic mass is 10.6. The van der Waals surface area contributed by atoms with Crippen molar-refractivity contribution in [1.82, 2.24) is 0 Å². The Balaban J connectivity index is 3.52. The predicted octanol–water partition coefficient (Wildman–Crippen LogP) is 1.15. The minimum atomic E-state index is -0.500. The average molecular weight is 254 g/mol. The van der Waals surface area contributed by atoms with E-state index in [9.17, 15) is 0 Å². The van der Waals surface area contributed by atoms with Crippen LogP contribution in [0.5, 0.6) is 0 Å². The Labute approximate surface area is 100.0 Å². The summed E-state index contributed by atoms with van der Waals surface area (Å²) in [5, 5.41) is 0. The fourth-order valence-electron chi connectivity index (χ4n) is 0.981. The van der Waals surface area contributed by atoms with Crippen LogP contribution in [0.1, 0.15) is 20.8 Å². The molecular weight excluding hydrogens is 232 g/mol. The summed E-state index contributed by atoms with van der Waals surface area (Å²) in [6.45, 7) is 5.53. The minimum absolute atomic E-state index is 0.212. The molecule has 4 nitrogen and oxygen atoms in total. The summed E-state index contributed by atoms with van der Waals surface area (Å²) in [7, 11) is 1.09. The van der Waals surface area contributed by atoms with Crippen LogP contribution in [-0.4, -0.2) is 41.5 Å². The van der Waals surface area contributed by atoms with Gasteiger partial charge in [-0.1, -0.05) is 0 Å². The first-order valence-corrected chi connectivity index (χ1v) is 7.37. The van der Waals surface area contributed by atoms with E-state index >= 15 is 0 Å². The van der Waals surface area contributed by atoms with Crippen LogP contribution in [0.3, 0.4) is 0 Å². The number of hydrogen-bond acceptors (Lipinski definition) is 5. The van der Waals surface area contributed by atoms with Gasteiger partial charge in [0.15, 0.2) is 22.3 Å². The second-order valence-electron chi connectivity index (χ2n) is 3.16. The third-order valence-corrected chi connectivity index (χ3v) is 4.01. The molecule has 0 aliphatic heterocycles. The molecule has 0 aromatic carbocycles. The highest BCUT2D eigenvalue weighted by Crippen LogP contribution is 2.05. The number of ether oxygens (including phenoxy) is 3. The molecule has 0 fully saturated rings. The van der Waals surface area contributed by atoms with Gasteiger partial charge in [-0.15, -0.1) is 0 Å². The highest BCUT2D eigenvalue weighted by Gasteiger charge is 2.11. The highest BCUT2D eigenvalue weighted by atomic mass is 32.1.